The molecular weight excluding hydrogens is 538 g/mol. The molecule has 1 aliphatic rings. The number of halogens is 4. The molecule has 0 bridgehead atoms. The Kier molecular flexibility index (Phi) is 7.48. The molecule has 5 rings (SSSR count). The molecule has 0 radical (unpaired) electrons. The number of aryl methyl sites for hydroxylation is 1. The van der Waals surface area contributed by atoms with Gasteiger partial charge in [-0.15, -0.1) is 0 Å². The average molecular weight is 566 g/mol. The lowest BCUT2D eigenvalue weighted by Crippen LogP contribution is -2.59. The fourth-order valence-corrected chi connectivity index (χ4v) is 5.45. The fraction of sp³-hybridized carbons (Fsp3) is 0.345. The van der Waals surface area contributed by atoms with Crippen LogP contribution >= 0.6 is 0 Å². The first kappa shape index (κ1) is 28.2. The second-order valence-electron chi connectivity index (χ2n) is 10.1. The summed E-state index contributed by atoms with van der Waals surface area (Å²) in [5, 5.41) is 9.43. The molecule has 0 N–H and O–H groups in total. The Labute approximate surface area is 233 Å². The molecule has 0 spiro atoms. The number of alkyl halides is 3. The molecule has 3 aromatic heterocycles. The van der Waals surface area contributed by atoms with Crippen LogP contribution in [0, 0.1) is 17.1 Å². The molecule has 1 fully saturated rings. The summed E-state index contributed by atoms with van der Waals surface area (Å²) in [6.45, 7) is 4.64. The number of benzene rings is 1. The van der Waals surface area contributed by atoms with E-state index in [1.165, 1.54) is 28.8 Å². The molecule has 212 valence electrons. The van der Waals surface area contributed by atoms with Gasteiger partial charge in [-0.05, 0) is 55.3 Å². The highest BCUT2D eigenvalue weighted by Gasteiger charge is 2.39. The Morgan fingerprint density at radius 1 is 1.05 bits per heavy atom. The molecule has 12 heteroatoms. The van der Waals surface area contributed by atoms with Gasteiger partial charge in [0.1, 0.15) is 28.8 Å². The van der Waals surface area contributed by atoms with Gasteiger partial charge in [0.05, 0.1) is 17.3 Å². The summed E-state index contributed by atoms with van der Waals surface area (Å²) in [5.74, 6) is -0.107. The van der Waals surface area contributed by atoms with Gasteiger partial charge in [-0.1, -0.05) is 25.1 Å². The number of pyridine rings is 2. The molecule has 8 nitrogen and oxygen atoms in total. The minimum Gasteiger partial charge on any atom is -0.349 e. The van der Waals surface area contributed by atoms with Gasteiger partial charge in [-0.25, -0.2) is 19.2 Å². The number of nitriles is 1. The van der Waals surface area contributed by atoms with Crippen molar-refractivity contribution >= 4 is 16.9 Å². The molecule has 1 aromatic carbocycles. The maximum Gasteiger partial charge on any atom is 0.433 e. The van der Waals surface area contributed by atoms with E-state index in [-0.39, 0.29) is 23.5 Å². The Hall–Kier alpha value is -4.37. The molecular formula is C29H27F4N7O. The largest absolute Gasteiger partial charge is 0.433 e. The van der Waals surface area contributed by atoms with Gasteiger partial charge >= 0.3 is 11.9 Å². The van der Waals surface area contributed by atoms with Crippen LogP contribution in [-0.2, 0) is 13.2 Å². The van der Waals surface area contributed by atoms with E-state index < -0.39 is 29.4 Å². The zero-order valence-corrected chi connectivity index (χ0v) is 22.6. The fourth-order valence-electron chi connectivity index (χ4n) is 5.45. The van der Waals surface area contributed by atoms with Crippen molar-refractivity contribution in [1.82, 2.24) is 24.4 Å². The van der Waals surface area contributed by atoms with Gasteiger partial charge in [0.25, 0.3) is 0 Å². The Morgan fingerprint density at radius 2 is 1.78 bits per heavy atom. The lowest BCUT2D eigenvalue weighted by molar-refractivity contribution is -0.141. The molecule has 1 aliphatic heterocycles. The van der Waals surface area contributed by atoms with Crippen LogP contribution in [0.25, 0.3) is 11.0 Å². The Balaban J connectivity index is 1.60. The van der Waals surface area contributed by atoms with Crippen LogP contribution in [0.3, 0.4) is 0 Å². The van der Waals surface area contributed by atoms with E-state index in [0.29, 0.717) is 41.9 Å². The van der Waals surface area contributed by atoms with Crippen molar-refractivity contribution in [1.29, 1.82) is 5.26 Å². The monoisotopic (exact) mass is 565 g/mol. The minimum absolute atomic E-state index is 0.185. The second kappa shape index (κ2) is 10.9. The van der Waals surface area contributed by atoms with Crippen LogP contribution in [0.2, 0.25) is 0 Å². The quantitative estimate of drug-likeness (QED) is 0.320. The van der Waals surface area contributed by atoms with Crippen molar-refractivity contribution in [3.05, 3.63) is 93.5 Å². The van der Waals surface area contributed by atoms with E-state index >= 15 is 0 Å². The van der Waals surface area contributed by atoms with Gasteiger partial charge < -0.3 is 4.90 Å². The van der Waals surface area contributed by atoms with E-state index in [1.54, 1.807) is 31.3 Å². The highest BCUT2D eigenvalue weighted by atomic mass is 19.4. The molecule has 0 amide bonds. The lowest BCUT2D eigenvalue weighted by atomic mass is 9.95. The van der Waals surface area contributed by atoms with Crippen LogP contribution in [0.5, 0.6) is 0 Å². The maximum absolute atomic E-state index is 13.9. The third kappa shape index (κ3) is 5.37. The van der Waals surface area contributed by atoms with Crippen LogP contribution in [0.4, 0.5) is 23.4 Å². The van der Waals surface area contributed by atoms with Gasteiger partial charge in [0.15, 0.2) is 5.82 Å². The smallest absolute Gasteiger partial charge is 0.349 e. The van der Waals surface area contributed by atoms with Crippen molar-refractivity contribution in [3.63, 3.8) is 0 Å². The van der Waals surface area contributed by atoms with Crippen molar-refractivity contribution in [2.75, 3.05) is 18.0 Å². The van der Waals surface area contributed by atoms with Crippen LogP contribution < -0.4 is 10.6 Å². The standard InChI is InChI=1S/C29H27F4N7O/c1-4-21-16-39(27-25-23(38(3)28(41)37-27)13-12-20(14-34)35-25)17(2)15-40(21)26(18-8-10-19(30)11-9-18)22-6-5-7-24(36-22)29(31,32)33/h5-13,17,21,26H,4,15-16H2,1-3H3/t17-,21?,26?/m0/s1. The molecule has 3 atom stereocenters. The average Bonchev–Trinajstić information content (AvgIpc) is 2.96. The molecule has 4 heterocycles. The van der Waals surface area contributed by atoms with Crippen LogP contribution in [0.1, 0.15) is 49.0 Å². The lowest BCUT2D eigenvalue weighted by Gasteiger charge is -2.48. The maximum atomic E-state index is 13.9. The summed E-state index contributed by atoms with van der Waals surface area (Å²) in [6, 6.07) is 13.6. The summed E-state index contributed by atoms with van der Waals surface area (Å²) in [6.07, 6.45) is -4.01. The number of rotatable bonds is 5. The van der Waals surface area contributed by atoms with Crippen molar-refractivity contribution in [2.45, 2.75) is 44.6 Å². The highest BCUT2D eigenvalue weighted by molar-refractivity contribution is 5.86. The predicted octanol–water partition coefficient (Wildman–Crippen LogP) is 4.83. The first-order valence-electron chi connectivity index (χ1n) is 13.1. The summed E-state index contributed by atoms with van der Waals surface area (Å²) >= 11 is 0. The first-order valence-corrected chi connectivity index (χ1v) is 13.1. The van der Waals surface area contributed by atoms with E-state index in [4.69, 9.17) is 0 Å². The summed E-state index contributed by atoms with van der Waals surface area (Å²) in [4.78, 5) is 29.6. The van der Waals surface area contributed by atoms with Crippen LogP contribution in [0.15, 0.2) is 59.4 Å². The number of piperazine rings is 1. The normalized spacial score (nSPS) is 18.8. The topological polar surface area (TPSA) is 90.9 Å². The Morgan fingerprint density at radius 3 is 2.44 bits per heavy atom. The molecule has 0 saturated carbocycles. The summed E-state index contributed by atoms with van der Waals surface area (Å²) in [7, 11) is 1.58. The van der Waals surface area contributed by atoms with E-state index in [9.17, 15) is 27.6 Å². The van der Waals surface area contributed by atoms with Gasteiger partial charge in [-0.2, -0.15) is 23.4 Å². The number of fused-ring (bicyclic) bond motifs is 1. The van der Waals surface area contributed by atoms with Crippen molar-refractivity contribution in [2.24, 2.45) is 7.05 Å². The van der Waals surface area contributed by atoms with Crippen molar-refractivity contribution < 1.29 is 17.6 Å². The number of aromatic nitrogens is 4. The highest BCUT2D eigenvalue weighted by Crippen LogP contribution is 2.37. The zero-order chi connectivity index (χ0) is 29.5. The van der Waals surface area contributed by atoms with Gasteiger partial charge in [-0.3, -0.25) is 9.47 Å². The number of nitrogens with zero attached hydrogens (tertiary/aromatic N) is 7. The van der Waals surface area contributed by atoms with Gasteiger partial charge in [0.2, 0.25) is 0 Å². The molecule has 0 aliphatic carbocycles. The third-order valence-corrected chi connectivity index (χ3v) is 7.54. The number of hydrogen-bond acceptors (Lipinski definition) is 7. The number of hydrogen-bond donors (Lipinski definition) is 0. The zero-order valence-electron chi connectivity index (χ0n) is 22.6. The van der Waals surface area contributed by atoms with E-state index in [1.807, 2.05) is 24.8 Å². The van der Waals surface area contributed by atoms with E-state index in [2.05, 4.69) is 19.9 Å². The van der Waals surface area contributed by atoms with E-state index in [0.717, 1.165) is 6.07 Å². The minimum atomic E-state index is -4.62. The first-order chi connectivity index (χ1) is 19.5. The molecule has 4 aromatic rings. The van der Waals surface area contributed by atoms with Crippen LogP contribution in [-0.4, -0.2) is 49.6 Å². The van der Waals surface area contributed by atoms with Gasteiger partial charge in [0, 0.05) is 32.2 Å². The predicted molar refractivity (Wildman–Crippen MR) is 145 cm³/mol. The molecule has 2 unspecified atom stereocenters. The molecule has 41 heavy (non-hydrogen) atoms. The SMILES string of the molecule is CCC1CN(c2nc(=O)n(C)c3ccc(C#N)nc23)[C@@H](C)CN1C(c1ccc(F)cc1)c1cccc(C(F)(F)F)n1. The summed E-state index contributed by atoms with van der Waals surface area (Å²) in [5.41, 5.74) is 0.452. The second-order valence-corrected chi connectivity index (χ2v) is 10.1. The molecule has 1 saturated heterocycles. The Bertz CT molecular complexity index is 1680. The third-order valence-electron chi connectivity index (χ3n) is 7.54. The van der Waals surface area contributed by atoms with Crippen molar-refractivity contribution in [3.8, 4) is 6.07 Å². The summed E-state index contributed by atoms with van der Waals surface area (Å²) < 4.78 is 56.1. The number of anilines is 1.